The molecule has 10 heteroatoms. The first kappa shape index (κ1) is 51.7. The zero-order valence-electron chi connectivity index (χ0n) is 34.0. The Kier molecular flexibility index (Phi) is 39.3. The smallest absolute Gasteiger partial charge is 0.457 e. The molecule has 9 nitrogen and oxygen atoms in total. The van der Waals surface area contributed by atoms with Crippen LogP contribution in [0.25, 0.3) is 0 Å². The van der Waals surface area contributed by atoms with Gasteiger partial charge in [-0.15, -0.1) is 0 Å². The van der Waals surface area contributed by atoms with Gasteiger partial charge in [0, 0.05) is 13.0 Å². The van der Waals surface area contributed by atoms with Crippen molar-refractivity contribution < 1.29 is 43.0 Å². The number of ether oxygens (including phenoxy) is 2. The highest BCUT2D eigenvalue weighted by Crippen LogP contribution is 2.43. The summed E-state index contributed by atoms with van der Waals surface area (Å²) in [6, 6.07) is 0. The van der Waals surface area contributed by atoms with Gasteiger partial charge in [-0.05, 0) is 51.4 Å². The summed E-state index contributed by atoms with van der Waals surface area (Å²) in [7, 11) is -4.52. The summed E-state index contributed by atoms with van der Waals surface area (Å²) in [5.74, 6) is -0.394. The third-order valence-corrected chi connectivity index (χ3v) is 10.0. The molecule has 0 aromatic carbocycles. The molecule has 0 aromatic heterocycles. The minimum absolute atomic E-state index is 0.0458. The van der Waals surface area contributed by atoms with Crippen LogP contribution in [-0.2, 0) is 27.9 Å². The summed E-state index contributed by atoms with van der Waals surface area (Å²) in [5.41, 5.74) is 0. The van der Waals surface area contributed by atoms with E-state index in [1.807, 2.05) is 0 Å². The molecule has 3 N–H and O–H groups in total. The number of phosphoric acid groups is 1. The molecule has 0 saturated heterocycles. The van der Waals surface area contributed by atoms with Gasteiger partial charge in [-0.1, -0.05) is 166 Å². The van der Waals surface area contributed by atoms with Crippen molar-refractivity contribution in [2.24, 2.45) is 0 Å². The van der Waals surface area contributed by atoms with Crippen LogP contribution in [0.4, 0.5) is 0 Å². The van der Waals surface area contributed by atoms with Gasteiger partial charge in [0.05, 0.1) is 26.4 Å². The number of rotatable bonds is 41. The molecule has 0 heterocycles. The van der Waals surface area contributed by atoms with E-state index in [1.165, 1.54) is 103 Å². The number of hydrogen-bond acceptors (Lipinski definition) is 8. The van der Waals surface area contributed by atoms with E-state index in [-0.39, 0.29) is 19.6 Å². The number of carbonyl (C=O) groups excluding carboxylic acids is 1. The van der Waals surface area contributed by atoms with Gasteiger partial charge in [0.15, 0.2) is 0 Å². The fourth-order valence-corrected chi connectivity index (χ4v) is 6.56. The molecule has 0 amide bonds. The lowest BCUT2D eigenvalue weighted by molar-refractivity contribution is -0.154. The topological polar surface area (TPSA) is 132 Å². The largest absolute Gasteiger partial charge is 0.472 e. The summed E-state index contributed by atoms with van der Waals surface area (Å²) in [5, 5.41) is 18.3. The molecule has 0 rings (SSSR count). The van der Waals surface area contributed by atoms with Gasteiger partial charge in [0.1, 0.15) is 12.2 Å². The average molecular weight is 773 g/mol. The van der Waals surface area contributed by atoms with Crippen LogP contribution in [0, 0.1) is 0 Å². The van der Waals surface area contributed by atoms with Crippen LogP contribution in [0.15, 0.2) is 36.5 Å². The fraction of sp³-hybridized carbons (Fsp3) is 0.837. The van der Waals surface area contributed by atoms with Gasteiger partial charge in [0.2, 0.25) is 0 Å². The van der Waals surface area contributed by atoms with Crippen molar-refractivity contribution in [1.29, 1.82) is 0 Å². The molecule has 0 aliphatic carbocycles. The average Bonchev–Trinajstić information content (AvgIpc) is 3.15. The molecule has 3 atom stereocenters. The van der Waals surface area contributed by atoms with Crippen molar-refractivity contribution in [2.75, 3.05) is 33.0 Å². The lowest BCUT2D eigenvalue weighted by atomic mass is 10.1. The zero-order chi connectivity index (χ0) is 38.9. The fourth-order valence-electron chi connectivity index (χ4n) is 5.77. The van der Waals surface area contributed by atoms with E-state index in [0.717, 1.165) is 57.8 Å². The number of phosphoric ester groups is 1. The van der Waals surface area contributed by atoms with E-state index >= 15 is 0 Å². The molecular weight excluding hydrogens is 691 g/mol. The lowest BCUT2D eigenvalue weighted by Gasteiger charge is -2.20. The maximum Gasteiger partial charge on any atom is 0.472 e. The number of unbranched alkanes of at least 4 members (excludes halogenated alkanes) is 21. The van der Waals surface area contributed by atoms with Gasteiger partial charge in [-0.2, -0.15) is 0 Å². The van der Waals surface area contributed by atoms with E-state index in [0.29, 0.717) is 13.0 Å². The highest BCUT2D eigenvalue weighted by molar-refractivity contribution is 7.47. The third kappa shape index (κ3) is 40.2. The molecule has 0 radical (unpaired) electrons. The van der Waals surface area contributed by atoms with Gasteiger partial charge in [-0.25, -0.2) is 4.57 Å². The summed E-state index contributed by atoms with van der Waals surface area (Å²) < 4.78 is 33.3. The Bertz CT molecular complexity index is 923. The number of aliphatic hydroxyl groups is 2. The number of esters is 1. The van der Waals surface area contributed by atoms with Gasteiger partial charge in [-0.3, -0.25) is 13.8 Å². The first-order valence-corrected chi connectivity index (χ1v) is 23.0. The molecule has 0 bridgehead atoms. The van der Waals surface area contributed by atoms with Crippen molar-refractivity contribution >= 4 is 13.8 Å². The second-order valence-electron chi connectivity index (χ2n) is 14.4. The van der Waals surface area contributed by atoms with Crippen molar-refractivity contribution in [1.82, 2.24) is 0 Å². The molecule has 0 aromatic rings. The van der Waals surface area contributed by atoms with Crippen molar-refractivity contribution in [3.63, 3.8) is 0 Å². The van der Waals surface area contributed by atoms with Crippen LogP contribution in [0.5, 0.6) is 0 Å². The normalized spacial score (nSPS) is 14.4. The summed E-state index contributed by atoms with van der Waals surface area (Å²) in [6.07, 6.45) is 42.4. The summed E-state index contributed by atoms with van der Waals surface area (Å²) in [4.78, 5) is 22.5. The molecule has 0 aliphatic heterocycles. The molecule has 0 aliphatic rings. The third-order valence-electron chi connectivity index (χ3n) is 9.08. The highest BCUT2D eigenvalue weighted by atomic mass is 31.2. The van der Waals surface area contributed by atoms with Gasteiger partial charge < -0.3 is 24.6 Å². The van der Waals surface area contributed by atoms with E-state index in [4.69, 9.17) is 23.6 Å². The van der Waals surface area contributed by atoms with E-state index in [2.05, 4.69) is 50.3 Å². The van der Waals surface area contributed by atoms with Gasteiger partial charge in [0.25, 0.3) is 0 Å². The zero-order valence-corrected chi connectivity index (χ0v) is 34.9. The Morgan fingerprint density at radius 3 is 1.53 bits per heavy atom. The minimum atomic E-state index is -4.52. The van der Waals surface area contributed by atoms with E-state index in [9.17, 15) is 19.4 Å². The molecular formula is C43H81O9P. The van der Waals surface area contributed by atoms with Crippen LogP contribution >= 0.6 is 7.82 Å². The Labute approximate surface area is 325 Å². The van der Waals surface area contributed by atoms with Crippen LogP contribution in [-0.4, -0.2) is 66.3 Å². The summed E-state index contributed by atoms with van der Waals surface area (Å²) >= 11 is 0. The number of allylic oxidation sites excluding steroid dienone is 6. The maximum absolute atomic E-state index is 12.6. The minimum Gasteiger partial charge on any atom is -0.457 e. The molecule has 0 spiro atoms. The lowest BCUT2D eigenvalue weighted by Crippen LogP contribution is -2.29. The van der Waals surface area contributed by atoms with Gasteiger partial charge >= 0.3 is 13.8 Å². The van der Waals surface area contributed by atoms with Crippen molar-refractivity contribution in [2.45, 2.75) is 199 Å². The Balaban J connectivity index is 4.16. The molecule has 312 valence electrons. The standard InChI is InChI=1S/C43H81O9P/c1-3-5-7-9-11-13-15-16-17-18-19-20-21-22-23-24-25-27-29-31-33-35-43(46)52-42(40-51-53(47,48)50-38-41(45)37-44)39-49-36-34-32-30-28-26-14-12-10-8-6-4-2/h15-16,18-19,21-22,41-42,44-45H,3-14,17,20,23-40H2,1-2H3,(H,47,48)/b16-15-,19-18-,22-21-. The Morgan fingerprint density at radius 1 is 0.585 bits per heavy atom. The first-order valence-electron chi connectivity index (χ1n) is 21.5. The SMILES string of the molecule is CCCCCCC/C=C\C/C=C\C/C=C\CCCCCCCCC(=O)OC(COCCCCCCCCCCCCC)COP(=O)(O)OCC(O)CO. The van der Waals surface area contributed by atoms with Crippen LogP contribution in [0.1, 0.15) is 187 Å². The van der Waals surface area contributed by atoms with Crippen molar-refractivity contribution in [3.05, 3.63) is 36.5 Å². The van der Waals surface area contributed by atoms with Crippen LogP contribution in [0.2, 0.25) is 0 Å². The highest BCUT2D eigenvalue weighted by Gasteiger charge is 2.26. The summed E-state index contributed by atoms with van der Waals surface area (Å²) in [6.45, 7) is 3.49. The quantitative estimate of drug-likeness (QED) is 0.0240. The monoisotopic (exact) mass is 773 g/mol. The van der Waals surface area contributed by atoms with Crippen molar-refractivity contribution in [3.8, 4) is 0 Å². The molecule has 3 unspecified atom stereocenters. The maximum atomic E-state index is 12.6. The molecule has 0 fully saturated rings. The van der Waals surface area contributed by atoms with Crippen LogP contribution in [0.3, 0.4) is 0 Å². The number of carbonyl (C=O) groups is 1. The number of hydrogen-bond donors (Lipinski definition) is 3. The Morgan fingerprint density at radius 2 is 1.02 bits per heavy atom. The Hall–Kier alpha value is -1.32. The molecule has 0 saturated carbocycles. The number of aliphatic hydroxyl groups excluding tert-OH is 2. The predicted octanol–water partition coefficient (Wildman–Crippen LogP) is 11.6. The predicted molar refractivity (Wildman–Crippen MR) is 219 cm³/mol. The molecule has 53 heavy (non-hydrogen) atoms. The second kappa shape index (κ2) is 40.3. The van der Waals surface area contributed by atoms with Crippen LogP contribution < -0.4 is 0 Å². The van der Waals surface area contributed by atoms with E-state index < -0.39 is 39.2 Å². The van der Waals surface area contributed by atoms with E-state index in [1.54, 1.807) is 0 Å². The second-order valence-corrected chi connectivity index (χ2v) is 15.8. The first-order chi connectivity index (χ1) is 25.8.